The van der Waals surface area contributed by atoms with Gasteiger partial charge in [0.25, 0.3) is 5.91 Å². The minimum Gasteiger partial charge on any atom is -0.494 e. The largest absolute Gasteiger partial charge is 0.494 e. The van der Waals surface area contributed by atoms with Crippen molar-refractivity contribution in [3.05, 3.63) is 54.0 Å². The predicted octanol–water partition coefficient (Wildman–Crippen LogP) is 3.51. The third-order valence-corrected chi connectivity index (χ3v) is 5.17. The average molecular weight is 414 g/mol. The van der Waals surface area contributed by atoms with Gasteiger partial charge in [0.2, 0.25) is 0 Å². The van der Waals surface area contributed by atoms with Gasteiger partial charge in [-0.3, -0.25) is 4.79 Å². The highest BCUT2D eigenvalue weighted by Crippen LogP contribution is 2.24. The molecule has 30 heavy (non-hydrogen) atoms. The van der Waals surface area contributed by atoms with Crippen molar-refractivity contribution in [1.82, 2.24) is 15.1 Å². The summed E-state index contributed by atoms with van der Waals surface area (Å²) in [6, 6.07) is 11.4. The summed E-state index contributed by atoms with van der Waals surface area (Å²) >= 11 is 0. The van der Waals surface area contributed by atoms with Gasteiger partial charge < -0.3 is 24.3 Å². The molecule has 1 aliphatic heterocycles. The van der Waals surface area contributed by atoms with Gasteiger partial charge in [0, 0.05) is 32.7 Å². The van der Waals surface area contributed by atoms with Gasteiger partial charge in [0.15, 0.2) is 5.76 Å². The van der Waals surface area contributed by atoms with E-state index in [1.165, 1.54) is 11.8 Å². The van der Waals surface area contributed by atoms with E-state index in [4.69, 9.17) is 9.15 Å². The van der Waals surface area contributed by atoms with Gasteiger partial charge in [0.05, 0.1) is 12.9 Å². The Morgan fingerprint density at radius 1 is 1.03 bits per heavy atom. The summed E-state index contributed by atoms with van der Waals surface area (Å²) in [7, 11) is 0. The maximum atomic E-state index is 12.3. The van der Waals surface area contributed by atoms with Crippen LogP contribution in [0.15, 0.2) is 47.1 Å². The van der Waals surface area contributed by atoms with Gasteiger partial charge in [0.1, 0.15) is 5.75 Å². The Labute approximate surface area is 178 Å². The van der Waals surface area contributed by atoms with E-state index in [0.29, 0.717) is 45.1 Å². The zero-order valence-electron chi connectivity index (χ0n) is 18.0. The highest BCUT2D eigenvalue weighted by atomic mass is 16.5. The van der Waals surface area contributed by atoms with Crippen molar-refractivity contribution in [3.8, 4) is 5.75 Å². The summed E-state index contributed by atoms with van der Waals surface area (Å²) in [4.78, 5) is 28.0. The van der Waals surface area contributed by atoms with Crippen molar-refractivity contribution in [2.24, 2.45) is 0 Å². The van der Waals surface area contributed by atoms with Crippen molar-refractivity contribution in [1.29, 1.82) is 0 Å². The minimum atomic E-state index is -0.132. The highest BCUT2D eigenvalue weighted by Gasteiger charge is 2.25. The molecule has 1 N–H and O–H groups in total. The van der Waals surface area contributed by atoms with Gasteiger partial charge in [-0.1, -0.05) is 32.9 Å². The van der Waals surface area contributed by atoms with Crippen LogP contribution in [0.25, 0.3) is 0 Å². The van der Waals surface area contributed by atoms with Crippen molar-refractivity contribution in [2.75, 3.05) is 39.3 Å². The summed E-state index contributed by atoms with van der Waals surface area (Å²) in [5, 5.41) is 2.92. The quantitative estimate of drug-likeness (QED) is 0.736. The molecule has 0 radical (unpaired) electrons. The second kappa shape index (κ2) is 9.69. The lowest BCUT2D eigenvalue weighted by Gasteiger charge is -2.34. The maximum Gasteiger partial charge on any atom is 0.317 e. The van der Waals surface area contributed by atoms with E-state index in [0.717, 1.165) is 12.2 Å². The molecule has 0 atom stereocenters. The minimum absolute atomic E-state index is 0.102. The Balaban J connectivity index is 1.31. The van der Waals surface area contributed by atoms with Crippen molar-refractivity contribution in [3.63, 3.8) is 0 Å². The number of hydrogen-bond donors (Lipinski definition) is 1. The van der Waals surface area contributed by atoms with Gasteiger partial charge in [-0.05, 0) is 41.7 Å². The van der Waals surface area contributed by atoms with Crippen LogP contribution < -0.4 is 10.1 Å². The summed E-state index contributed by atoms with van der Waals surface area (Å²) in [6.07, 6.45) is 2.21. The van der Waals surface area contributed by atoms with Crippen LogP contribution in [0.3, 0.4) is 0 Å². The van der Waals surface area contributed by atoms with E-state index in [9.17, 15) is 9.59 Å². The summed E-state index contributed by atoms with van der Waals surface area (Å²) < 4.78 is 10.9. The summed E-state index contributed by atoms with van der Waals surface area (Å²) in [5.74, 6) is 1.04. The second-order valence-corrected chi connectivity index (χ2v) is 8.46. The number of piperazine rings is 1. The molecule has 1 fully saturated rings. The lowest BCUT2D eigenvalue weighted by molar-refractivity contribution is 0.0634. The molecule has 1 saturated heterocycles. The van der Waals surface area contributed by atoms with E-state index in [2.05, 4.69) is 38.2 Å². The molecule has 2 heterocycles. The number of urea groups is 1. The zero-order valence-corrected chi connectivity index (χ0v) is 18.0. The molecule has 162 valence electrons. The molecule has 0 unspecified atom stereocenters. The van der Waals surface area contributed by atoms with Crippen LogP contribution >= 0.6 is 0 Å². The molecular weight excluding hydrogens is 382 g/mol. The monoisotopic (exact) mass is 413 g/mol. The number of hydrogen-bond acceptors (Lipinski definition) is 4. The molecule has 0 saturated carbocycles. The number of amides is 3. The van der Waals surface area contributed by atoms with Crippen LogP contribution in [0.5, 0.6) is 5.75 Å². The topological polar surface area (TPSA) is 75.0 Å². The average Bonchev–Trinajstić information content (AvgIpc) is 3.27. The smallest absolute Gasteiger partial charge is 0.317 e. The predicted molar refractivity (Wildman–Crippen MR) is 115 cm³/mol. The molecular formula is C23H31N3O4. The Hall–Kier alpha value is -2.96. The Morgan fingerprint density at radius 3 is 2.30 bits per heavy atom. The number of nitrogens with zero attached hydrogens (tertiary/aromatic N) is 2. The molecule has 2 aromatic rings. The van der Waals surface area contributed by atoms with Crippen LogP contribution in [0.1, 0.15) is 43.3 Å². The summed E-state index contributed by atoms with van der Waals surface area (Å²) in [5.41, 5.74) is 1.40. The Kier molecular flexibility index (Phi) is 7.03. The lowest BCUT2D eigenvalue weighted by Crippen LogP contribution is -2.53. The SMILES string of the molecule is CC(C)(C)c1ccc(OCCCNC(=O)N2CCN(C(=O)c3ccco3)CC2)cc1. The molecule has 1 aliphatic rings. The van der Waals surface area contributed by atoms with Gasteiger partial charge in [-0.25, -0.2) is 4.79 Å². The first-order valence-corrected chi connectivity index (χ1v) is 10.4. The Morgan fingerprint density at radius 2 is 1.70 bits per heavy atom. The first kappa shape index (κ1) is 21.7. The van der Waals surface area contributed by atoms with E-state index >= 15 is 0 Å². The third kappa shape index (κ3) is 5.78. The highest BCUT2D eigenvalue weighted by molar-refractivity contribution is 5.91. The van der Waals surface area contributed by atoms with Crippen molar-refractivity contribution < 1.29 is 18.7 Å². The number of nitrogens with one attached hydrogen (secondary N) is 1. The molecule has 3 rings (SSSR count). The fourth-order valence-corrected chi connectivity index (χ4v) is 3.29. The number of rotatable bonds is 6. The molecule has 0 bridgehead atoms. The Bertz CT molecular complexity index is 817. The molecule has 1 aromatic carbocycles. The number of carbonyl (C=O) groups excluding carboxylic acids is 2. The number of benzene rings is 1. The van der Waals surface area contributed by atoms with E-state index in [1.807, 2.05) is 12.1 Å². The first-order chi connectivity index (χ1) is 14.3. The molecule has 7 heteroatoms. The van der Waals surface area contributed by atoms with E-state index in [1.54, 1.807) is 21.9 Å². The van der Waals surface area contributed by atoms with Crippen molar-refractivity contribution >= 4 is 11.9 Å². The summed E-state index contributed by atoms with van der Waals surface area (Å²) in [6.45, 7) is 9.66. The number of carbonyl (C=O) groups is 2. The van der Waals surface area contributed by atoms with Crippen LogP contribution in [0.4, 0.5) is 4.79 Å². The van der Waals surface area contributed by atoms with Crippen LogP contribution in [0, 0.1) is 0 Å². The number of furan rings is 1. The maximum absolute atomic E-state index is 12.3. The van der Waals surface area contributed by atoms with Crippen LogP contribution in [0.2, 0.25) is 0 Å². The number of ether oxygens (including phenoxy) is 1. The van der Waals surface area contributed by atoms with E-state index < -0.39 is 0 Å². The van der Waals surface area contributed by atoms with Gasteiger partial charge in [-0.15, -0.1) is 0 Å². The first-order valence-electron chi connectivity index (χ1n) is 10.4. The fraction of sp³-hybridized carbons (Fsp3) is 0.478. The standard InChI is InChI=1S/C23H31N3O4/c1-23(2,3)18-7-9-19(10-8-18)29-17-5-11-24-22(28)26-14-12-25(13-15-26)21(27)20-6-4-16-30-20/h4,6-10,16H,5,11-15,17H2,1-3H3,(H,24,28). The molecule has 0 aliphatic carbocycles. The molecule has 3 amide bonds. The van der Waals surface area contributed by atoms with Crippen LogP contribution in [-0.2, 0) is 5.41 Å². The van der Waals surface area contributed by atoms with Gasteiger partial charge in [-0.2, -0.15) is 0 Å². The molecule has 1 aromatic heterocycles. The normalized spacial score (nSPS) is 14.5. The van der Waals surface area contributed by atoms with Crippen LogP contribution in [-0.4, -0.2) is 61.1 Å². The molecule has 7 nitrogen and oxygen atoms in total. The second-order valence-electron chi connectivity index (χ2n) is 8.46. The van der Waals surface area contributed by atoms with E-state index in [-0.39, 0.29) is 17.4 Å². The third-order valence-electron chi connectivity index (χ3n) is 5.17. The fourth-order valence-electron chi connectivity index (χ4n) is 3.29. The van der Waals surface area contributed by atoms with Gasteiger partial charge >= 0.3 is 6.03 Å². The van der Waals surface area contributed by atoms with Crippen molar-refractivity contribution in [2.45, 2.75) is 32.6 Å². The lowest BCUT2D eigenvalue weighted by atomic mass is 9.87. The zero-order chi connectivity index (χ0) is 21.6. The molecule has 0 spiro atoms.